The van der Waals surface area contributed by atoms with E-state index in [1.54, 1.807) is 13.3 Å². The lowest BCUT2D eigenvalue weighted by Crippen LogP contribution is -2.23. The van der Waals surface area contributed by atoms with Crippen molar-refractivity contribution in [3.63, 3.8) is 0 Å². The smallest absolute Gasteiger partial charge is 0.224 e. The average molecular weight is 312 g/mol. The molecule has 1 fully saturated rings. The topological polar surface area (TPSA) is 59.1 Å². The lowest BCUT2D eigenvalue weighted by Gasteiger charge is -2.23. The largest absolute Gasteiger partial charge is 0.496 e. The molecular formula is C18H24N4O. The first-order valence-corrected chi connectivity index (χ1v) is 8.30. The van der Waals surface area contributed by atoms with Gasteiger partial charge in [-0.1, -0.05) is 37.5 Å². The van der Waals surface area contributed by atoms with Gasteiger partial charge in [-0.15, -0.1) is 0 Å². The van der Waals surface area contributed by atoms with E-state index in [0.717, 1.165) is 17.1 Å². The van der Waals surface area contributed by atoms with E-state index < -0.39 is 0 Å². The number of nitrogens with zero attached hydrogens (tertiary/aromatic N) is 2. The first kappa shape index (κ1) is 15.6. The van der Waals surface area contributed by atoms with Gasteiger partial charge in [0.25, 0.3) is 0 Å². The standard InChI is InChI=1S/C18H24N4O/c1-23-16-10-6-5-7-14(16)13-20-18-19-12-11-17(22-18)21-15-8-3-2-4-9-15/h5-7,10-12,15H,2-4,8-9,13H2,1H3,(H2,19,20,21,22). The number of methoxy groups -OCH3 is 1. The SMILES string of the molecule is COc1ccccc1CNc1nccc(NC2CCCCC2)n1. The fourth-order valence-corrected chi connectivity index (χ4v) is 3.00. The maximum Gasteiger partial charge on any atom is 0.224 e. The lowest BCUT2D eigenvalue weighted by atomic mass is 9.95. The van der Waals surface area contributed by atoms with E-state index >= 15 is 0 Å². The Morgan fingerprint density at radius 3 is 2.78 bits per heavy atom. The van der Waals surface area contributed by atoms with Gasteiger partial charge in [0, 0.05) is 24.3 Å². The third-order valence-electron chi connectivity index (χ3n) is 4.24. The first-order valence-electron chi connectivity index (χ1n) is 8.30. The number of anilines is 2. The van der Waals surface area contributed by atoms with Gasteiger partial charge in [-0.3, -0.25) is 0 Å². The van der Waals surface area contributed by atoms with Crippen molar-refractivity contribution in [1.29, 1.82) is 0 Å². The summed E-state index contributed by atoms with van der Waals surface area (Å²) in [7, 11) is 1.68. The summed E-state index contributed by atoms with van der Waals surface area (Å²) in [6, 6.07) is 10.4. The summed E-state index contributed by atoms with van der Waals surface area (Å²) < 4.78 is 5.36. The Bertz CT molecular complexity index is 626. The van der Waals surface area contributed by atoms with Gasteiger partial charge in [-0.05, 0) is 25.0 Å². The van der Waals surface area contributed by atoms with Crippen LogP contribution in [0.1, 0.15) is 37.7 Å². The predicted molar refractivity (Wildman–Crippen MR) is 92.8 cm³/mol. The summed E-state index contributed by atoms with van der Waals surface area (Å²) in [6.45, 7) is 0.636. The summed E-state index contributed by atoms with van der Waals surface area (Å²) in [6.07, 6.45) is 8.22. The molecule has 122 valence electrons. The van der Waals surface area contributed by atoms with Crippen molar-refractivity contribution in [2.45, 2.75) is 44.7 Å². The second-order valence-corrected chi connectivity index (χ2v) is 5.91. The molecular weight excluding hydrogens is 288 g/mol. The molecule has 3 rings (SSSR count). The van der Waals surface area contributed by atoms with E-state index in [1.165, 1.54) is 32.1 Å². The summed E-state index contributed by atoms with van der Waals surface area (Å²) in [5, 5.41) is 6.80. The van der Waals surface area contributed by atoms with Crippen molar-refractivity contribution in [2.75, 3.05) is 17.7 Å². The average Bonchev–Trinajstić information content (AvgIpc) is 2.61. The number of nitrogens with one attached hydrogen (secondary N) is 2. The van der Waals surface area contributed by atoms with E-state index in [0.29, 0.717) is 18.5 Å². The zero-order valence-corrected chi connectivity index (χ0v) is 13.6. The zero-order chi connectivity index (χ0) is 15.9. The van der Waals surface area contributed by atoms with Gasteiger partial charge >= 0.3 is 0 Å². The van der Waals surface area contributed by atoms with Gasteiger partial charge < -0.3 is 15.4 Å². The number of hydrogen-bond acceptors (Lipinski definition) is 5. The third-order valence-corrected chi connectivity index (χ3v) is 4.24. The maximum atomic E-state index is 5.36. The third kappa shape index (κ3) is 4.34. The van der Waals surface area contributed by atoms with Crippen molar-refractivity contribution in [1.82, 2.24) is 9.97 Å². The van der Waals surface area contributed by atoms with Gasteiger partial charge in [0.15, 0.2) is 0 Å². The van der Waals surface area contributed by atoms with E-state index in [-0.39, 0.29) is 0 Å². The second-order valence-electron chi connectivity index (χ2n) is 5.91. The number of para-hydroxylation sites is 1. The Kier molecular flexibility index (Phi) is 5.29. The second kappa shape index (κ2) is 7.81. The lowest BCUT2D eigenvalue weighted by molar-refractivity contribution is 0.410. The molecule has 0 saturated heterocycles. The minimum absolute atomic E-state index is 0.542. The molecule has 1 aromatic heterocycles. The van der Waals surface area contributed by atoms with Crippen LogP contribution in [0.5, 0.6) is 5.75 Å². The molecule has 5 heteroatoms. The monoisotopic (exact) mass is 312 g/mol. The van der Waals surface area contributed by atoms with E-state index in [1.807, 2.05) is 30.3 Å². The highest BCUT2D eigenvalue weighted by molar-refractivity contribution is 5.42. The summed E-state index contributed by atoms with van der Waals surface area (Å²) >= 11 is 0. The van der Waals surface area contributed by atoms with Crippen LogP contribution >= 0.6 is 0 Å². The molecule has 1 aliphatic carbocycles. The quantitative estimate of drug-likeness (QED) is 0.848. The van der Waals surface area contributed by atoms with Crippen LogP contribution in [0.4, 0.5) is 11.8 Å². The van der Waals surface area contributed by atoms with Crippen molar-refractivity contribution in [3.8, 4) is 5.75 Å². The number of ether oxygens (including phenoxy) is 1. The van der Waals surface area contributed by atoms with Gasteiger partial charge in [0.05, 0.1) is 7.11 Å². The van der Waals surface area contributed by atoms with Gasteiger partial charge in [-0.2, -0.15) is 4.98 Å². The molecule has 0 aliphatic heterocycles. The van der Waals surface area contributed by atoms with Gasteiger partial charge in [0.2, 0.25) is 5.95 Å². The molecule has 1 aromatic carbocycles. The van der Waals surface area contributed by atoms with Crippen LogP contribution in [0.15, 0.2) is 36.5 Å². The highest BCUT2D eigenvalue weighted by Crippen LogP contribution is 2.21. The molecule has 23 heavy (non-hydrogen) atoms. The molecule has 5 nitrogen and oxygen atoms in total. The molecule has 0 atom stereocenters. The Labute approximate surface area is 137 Å². The molecule has 1 aliphatic rings. The van der Waals surface area contributed by atoms with E-state index in [4.69, 9.17) is 4.74 Å². The molecule has 1 heterocycles. The number of benzene rings is 1. The fourth-order valence-electron chi connectivity index (χ4n) is 3.00. The number of aromatic nitrogens is 2. The Hall–Kier alpha value is -2.30. The Morgan fingerprint density at radius 1 is 1.13 bits per heavy atom. The molecule has 2 N–H and O–H groups in total. The van der Waals surface area contributed by atoms with Crippen LogP contribution in [0.25, 0.3) is 0 Å². The number of rotatable bonds is 6. The van der Waals surface area contributed by atoms with E-state index in [9.17, 15) is 0 Å². The summed E-state index contributed by atoms with van der Waals surface area (Å²) in [5.74, 6) is 2.41. The van der Waals surface area contributed by atoms with Crippen LogP contribution in [-0.2, 0) is 6.54 Å². The number of hydrogen-bond donors (Lipinski definition) is 2. The minimum atomic E-state index is 0.542. The van der Waals surface area contributed by atoms with Crippen molar-refractivity contribution < 1.29 is 4.74 Å². The Balaban J connectivity index is 1.61. The van der Waals surface area contributed by atoms with Gasteiger partial charge in [0.1, 0.15) is 11.6 Å². The maximum absolute atomic E-state index is 5.36. The molecule has 0 radical (unpaired) electrons. The normalized spacial score (nSPS) is 15.2. The van der Waals surface area contributed by atoms with Gasteiger partial charge in [-0.25, -0.2) is 4.98 Å². The van der Waals surface area contributed by atoms with Crippen LogP contribution < -0.4 is 15.4 Å². The first-order chi connectivity index (χ1) is 11.3. The highest BCUT2D eigenvalue weighted by atomic mass is 16.5. The van der Waals surface area contributed by atoms with Crippen LogP contribution in [0.2, 0.25) is 0 Å². The molecule has 2 aromatic rings. The Morgan fingerprint density at radius 2 is 1.96 bits per heavy atom. The highest BCUT2D eigenvalue weighted by Gasteiger charge is 2.13. The summed E-state index contributed by atoms with van der Waals surface area (Å²) in [5.41, 5.74) is 1.09. The molecule has 0 amide bonds. The fraction of sp³-hybridized carbons (Fsp3) is 0.444. The van der Waals surface area contributed by atoms with Crippen LogP contribution in [0, 0.1) is 0 Å². The minimum Gasteiger partial charge on any atom is -0.496 e. The molecule has 0 unspecified atom stereocenters. The van der Waals surface area contributed by atoms with Crippen molar-refractivity contribution in [2.24, 2.45) is 0 Å². The summed E-state index contributed by atoms with van der Waals surface area (Å²) in [4.78, 5) is 8.86. The molecule has 0 spiro atoms. The van der Waals surface area contributed by atoms with E-state index in [2.05, 4.69) is 20.6 Å². The predicted octanol–water partition coefficient (Wildman–Crippen LogP) is 3.84. The van der Waals surface area contributed by atoms with Crippen LogP contribution in [-0.4, -0.2) is 23.1 Å². The van der Waals surface area contributed by atoms with Crippen molar-refractivity contribution in [3.05, 3.63) is 42.1 Å². The molecule has 1 saturated carbocycles. The zero-order valence-electron chi connectivity index (χ0n) is 13.6. The van der Waals surface area contributed by atoms with Crippen molar-refractivity contribution >= 4 is 11.8 Å². The molecule has 0 bridgehead atoms. The van der Waals surface area contributed by atoms with Crippen LogP contribution in [0.3, 0.4) is 0 Å².